The molecule has 0 saturated heterocycles. The fourth-order valence-corrected chi connectivity index (χ4v) is 4.59. The molecule has 37 heavy (non-hydrogen) atoms. The second-order valence-electron chi connectivity index (χ2n) is 9.45. The fraction of sp³-hybridized carbons (Fsp3) is 0.290. The van der Waals surface area contributed by atoms with E-state index in [1.807, 2.05) is 73.1 Å². The molecule has 0 aliphatic heterocycles. The summed E-state index contributed by atoms with van der Waals surface area (Å²) in [5.74, 6) is 0.681. The van der Waals surface area contributed by atoms with Crippen molar-refractivity contribution in [2.24, 2.45) is 0 Å². The van der Waals surface area contributed by atoms with Crippen molar-refractivity contribution < 1.29 is 10.2 Å². The summed E-state index contributed by atoms with van der Waals surface area (Å²) in [5, 5.41) is 20.6. The van der Waals surface area contributed by atoms with Crippen molar-refractivity contribution in [3.05, 3.63) is 120 Å². The summed E-state index contributed by atoms with van der Waals surface area (Å²) in [7, 11) is 0. The van der Waals surface area contributed by atoms with Gasteiger partial charge < -0.3 is 10.2 Å². The van der Waals surface area contributed by atoms with Gasteiger partial charge in [0.25, 0.3) is 0 Å². The number of benzene rings is 2. The average molecular weight is 497 g/mol. The SMILES string of the molecule is C[C@H](CN(CCc1ccccc1O)Cc1ccccn1)N(CCc1ccccc1O)Cc1ccccn1. The van der Waals surface area contributed by atoms with E-state index in [1.165, 1.54) is 0 Å². The third-order valence-electron chi connectivity index (χ3n) is 6.70. The first kappa shape index (κ1) is 26.3. The summed E-state index contributed by atoms with van der Waals surface area (Å²) in [6.07, 6.45) is 5.17. The zero-order chi connectivity index (χ0) is 25.9. The second-order valence-corrected chi connectivity index (χ2v) is 9.45. The van der Waals surface area contributed by atoms with Gasteiger partial charge in [0.1, 0.15) is 11.5 Å². The molecule has 0 fully saturated rings. The molecule has 0 amide bonds. The van der Waals surface area contributed by atoms with E-state index in [-0.39, 0.29) is 6.04 Å². The van der Waals surface area contributed by atoms with Gasteiger partial charge in [-0.15, -0.1) is 0 Å². The van der Waals surface area contributed by atoms with Gasteiger partial charge in [-0.3, -0.25) is 19.8 Å². The Hall–Kier alpha value is -3.74. The highest BCUT2D eigenvalue weighted by Crippen LogP contribution is 2.20. The van der Waals surface area contributed by atoms with Crippen molar-refractivity contribution in [3.63, 3.8) is 0 Å². The first-order valence-corrected chi connectivity index (χ1v) is 12.9. The number of hydrogen-bond acceptors (Lipinski definition) is 6. The largest absolute Gasteiger partial charge is 0.508 e. The Bertz CT molecular complexity index is 1220. The molecular weight excluding hydrogens is 460 g/mol. The lowest BCUT2D eigenvalue weighted by atomic mass is 10.1. The number of para-hydroxylation sites is 2. The van der Waals surface area contributed by atoms with Crippen molar-refractivity contribution in [2.45, 2.75) is 38.9 Å². The van der Waals surface area contributed by atoms with Gasteiger partial charge in [-0.25, -0.2) is 0 Å². The number of aromatic nitrogens is 2. The van der Waals surface area contributed by atoms with Crippen LogP contribution in [-0.2, 0) is 25.9 Å². The number of pyridine rings is 2. The minimum absolute atomic E-state index is 0.223. The average Bonchev–Trinajstić information content (AvgIpc) is 2.92. The minimum Gasteiger partial charge on any atom is -0.508 e. The van der Waals surface area contributed by atoms with E-state index in [4.69, 9.17) is 0 Å². The summed E-state index contributed by atoms with van der Waals surface area (Å²) in [4.78, 5) is 14.0. The zero-order valence-corrected chi connectivity index (χ0v) is 21.4. The Kier molecular flexibility index (Phi) is 9.63. The van der Waals surface area contributed by atoms with Gasteiger partial charge in [-0.1, -0.05) is 48.5 Å². The third-order valence-corrected chi connectivity index (χ3v) is 6.70. The van der Waals surface area contributed by atoms with Crippen molar-refractivity contribution in [1.82, 2.24) is 19.8 Å². The van der Waals surface area contributed by atoms with Crippen LogP contribution in [0.4, 0.5) is 0 Å². The first-order chi connectivity index (χ1) is 18.1. The molecular formula is C31H36N4O2. The predicted molar refractivity (Wildman–Crippen MR) is 147 cm³/mol. The molecule has 0 unspecified atom stereocenters. The van der Waals surface area contributed by atoms with E-state index in [0.29, 0.717) is 11.5 Å². The summed E-state index contributed by atoms with van der Waals surface area (Å²) in [6.45, 7) is 6.14. The summed E-state index contributed by atoms with van der Waals surface area (Å²) < 4.78 is 0. The molecule has 1 atom stereocenters. The maximum absolute atomic E-state index is 10.3. The maximum atomic E-state index is 10.3. The molecule has 0 aliphatic carbocycles. The van der Waals surface area contributed by atoms with Crippen LogP contribution in [0.25, 0.3) is 0 Å². The van der Waals surface area contributed by atoms with E-state index in [2.05, 4.69) is 38.8 Å². The molecule has 2 heterocycles. The maximum Gasteiger partial charge on any atom is 0.118 e. The molecule has 2 N–H and O–H groups in total. The standard InChI is InChI=1S/C31H36N4O2/c1-25(35(24-29-13-7-9-19-33-29)21-17-27-11-3-5-15-31(27)37)22-34(23-28-12-6-8-18-32-28)20-16-26-10-2-4-14-30(26)36/h2-15,18-19,25,36-37H,16-17,20-24H2,1H3/t25-/m1/s1. The smallest absolute Gasteiger partial charge is 0.118 e. The Morgan fingerprint density at radius 2 is 1.16 bits per heavy atom. The lowest BCUT2D eigenvalue weighted by Crippen LogP contribution is -2.43. The van der Waals surface area contributed by atoms with Crippen LogP contribution in [0.3, 0.4) is 0 Å². The normalized spacial score (nSPS) is 12.2. The summed E-state index contributed by atoms with van der Waals surface area (Å²) in [6, 6.07) is 27.4. The highest BCUT2D eigenvalue weighted by atomic mass is 16.3. The molecule has 2 aromatic carbocycles. The highest BCUT2D eigenvalue weighted by molar-refractivity contribution is 5.32. The number of phenolic OH excluding ortho intramolecular Hbond substituents is 2. The van der Waals surface area contributed by atoms with Crippen LogP contribution in [-0.4, -0.2) is 55.7 Å². The topological polar surface area (TPSA) is 72.7 Å². The van der Waals surface area contributed by atoms with Crippen molar-refractivity contribution >= 4 is 0 Å². The van der Waals surface area contributed by atoms with Crippen molar-refractivity contribution in [3.8, 4) is 11.5 Å². The van der Waals surface area contributed by atoms with Crippen LogP contribution in [0, 0.1) is 0 Å². The highest BCUT2D eigenvalue weighted by Gasteiger charge is 2.20. The molecule has 0 spiro atoms. The molecule has 0 aliphatic rings. The lowest BCUT2D eigenvalue weighted by Gasteiger charge is -2.33. The molecule has 192 valence electrons. The number of nitrogens with zero attached hydrogens (tertiary/aromatic N) is 4. The van der Waals surface area contributed by atoms with Crippen LogP contribution in [0.2, 0.25) is 0 Å². The van der Waals surface area contributed by atoms with E-state index >= 15 is 0 Å². The quantitative estimate of drug-likeness (QED) is 0.269. The molecule has 2 aromatic heterocycles. The molecule has 4 aromatic rings. The Labute approximate surface area is 219 Å². The van der Waals surface area contributed by atoms with Crippen molar-refractivity contribution in [1.29, 1.82) is 0 Å². The number of hydrogen-bond donors (Lipinski definition) is 2. The third kappa shape index (κ3) is 8.13. The molecule has 6 heteroatoms. The first-order valence-electron chi connectivity index (χ1n) is 12.9. The number of rotatable bonds is 13. The van der Waals surface area contributed by atoms with Gasteiger partial charge in [0.2, 0.25) is 0 Å². The second kappa shape index (κ2) is 13.5. The van der Waals surface area contributed by atoms with E-state index in [1.54, 1.807) is 12.1 Å². The summed E-state index contributed by atoms with van der Waals surface area (Å²) in [5.41, 5.74) is 3.95. The van der Waals surface area contributed by atoms with Crippen LogP contribution < -0.4 is 0 Å². The van der Waals surface area contributed by atoms with Gasteiger partial charge >= 0.3 is 0 Å². The molecule has 6 nitrogen and oxygen atoms in total. The molecule has 0 radical (unpaired) electrons. The number of phenols is 2. The lowest BCUT2D eigenvalue weighted by molar-refractivity contribution is 0.137. The Morgan fingerprint density at radius 3 is 1.70 bits per heavy atom. The van der Waals surface area contributed by atoms with E-state index < -0.39 is 0 Å². The molecule has 0 bridgehead atoms. The van der Waals surface area contributed by atoms with Gasteiger partial charge in [0, 0.05) is 51.2 Å². The van der Waals surface area contributed by atoms with Crippen LogP contribution in [0.15, 0.2) is 97.3 Å². The van der Waals surface area contributed by atoms with Crippen LogP contribution >= 0.6 is 0 Å². The molecule has 4 rings (SSSR count). The van der Waals surface area contributed by atoms with E-state index in [9.17, 15) is 10.2 Å². The van der Waals surface area contributed by atoms with Crippen LogP contribution in [0.5, 0.6) is 11.5 Å². The Morgan fingerprint density at radius 1 is 0.649 bits per heavy atom. The van der Waals surface area contributed by atoms with E-state index in [0.717, 1.165) is 68.1 Å². The van der Waals surface area contributed by atoms with Crippen LogP contribution in [0.1, 0.15) is 29.4 Å². The van der Waals surface area contributed by atoms with Gasteiger partial charge in [-0.2, -0.15) is 0 Å². The van der Waals surface area contributed by atoms with Gasteiger partial charge in [0.15, 0.2) is 0 Å². The zero-order valence-electron chi connectivity index (χ0n) is 21.4. The van der Waals surface area contributed by atoms with Crippen molar-refractivity contribution in [2.75, 3.05) is 19.6 Å². The predicted octanol–water partition coefficient (Wildman–Crippen LogP) is 5.07. The molecule has 0 saturated carbocycles. The Balaban J connectivity index is 1.49. The monoisotopic (exact) mass is 496 g/mol. The summed E-state index contributed by atoms with van der Waals surface area (Å²) >= 11 is 0. The van der Waals surface area contributed by atoms with Gasteiger partial charge in [-0.05, 0) is 67.3 Å². The fourth-order valence-electron chi connectivity index (χ4n) is 4.59. The van der Waals surface area contributed by atoms with Gasteiger partial charge in [0.05, 0.1) is 11.4 Å². The minimum atomic E-state index is 0.223. The number of aromatic hydroxyl groups is 2.